The van der Waals surface area contributed by atoms with Gasteiger partial charge in [-0.25, -0.2) is 4.98 Å². The Morgan fingerprint density at radius 3 is 3.33 bits per heavy atom. The monoisotopic (exact) mass is 164 g/mol. The maximum Gasteiger partial charge on any atom is 0.242 e. The molecule has 0 N–H and O–H groups in total. The van der Waals surface area contributed by atoms with Crippen LogP contribution in [-0.4, -0.2) is 16.6 Å². The Kier molecular flexibility index (Phi) is 1.96. The normalized spacial score (nSPS) is 15.8. The minimum absolute atomic E-state index is 0.769. The molecule has 1 aliphatic heterocycles. The molecular weight excluding hydrogens is 152 g/mol. The van der Waals surface area contributed by atoms with Crippen LogP contribution >= 0.6 is 0 Å². The number of hydrogen-bond acceptors (Lipinski definition) is 3. The number of aromatic nitrogens is 1. The summed E-state index contributed by atoms with van der Waals surface area (Å²) in [4.78, 5) is 9.60. The van der Waals surface area contributed by atoms with E-state index in [-0.39, 0.29) is 0 Å². The van der Waals surface area contributed by atoms with Crippen LogP contribution < -0.4 is 4.84 Å². The molecule has 0 saturated heterocycles. The lowest BCUT2D eigenvalue weighted by molar-refractivity contribution is -0.0456. The zero-order chi connectivity index (χ0) is 8.39. The van der Waals surface area contributed by atoms with Crippen LogP contribution in [0.4, 0.5) is 0 Å². The molecule has 0 saturated carbocycles. The van der Waals surface area contributed by atoms with Gasteiger partial charge in [-0.2, -0.15) is 0 Å². The molecule has 0 atom stereocenters. The van der Waals surface area contributed by atoms with Gasteiger partial charge in [0, 0.05) is 18.3 Å². The summed E-state index contributed by atoms with van der Waals surface area (Å²) in [7, 11) is 0. The van der Waals surface area contributed by atoms with Gasteiger partial charge in [0.2, 0.25) is 5.88 Å². The van der Waals surface area contributed by atoms with Gasteiger partial charge < -0.3 is 4.84 Å². The van der Waals surface area contributed by atoms with Crippen LogP contribution in [0.2, 0.25) is 0 Å². The van der Waals surface area contributed by atoms with E-state index in [1.54, 1.807) is 6.20 Å². The molecule has 3 nitrogen and oxygen atoms in total. The van der Waals surface area contributed by atoms with E-state index in [0.717, 1.165) is 25.4 Å². The quantitative estimate of drug-likeness (QED) is 0.663. The van der Waals surface area contributed by atoms with E-state index in [4.69, 9.17) is 4.84 Å². The number of nitrogens with zero attached hydrogens (tertiary/aromatic N) is 2. The molecule has 0 bridgehead atoms. The summed E-state index contributed by atoms with van der Waals surface area (Å²) < 4.78 is 0. The molecule has 0 aliphatic carbocycles. The van der Waals surface area contributed by atoms with Crippen molar-refractivity contribution in [2.45, 2.75) is 19.9 Å². The second-order valence-electron chi connectivity index (χ2n) is 2.92. The molecule has 12 heavy (non-hydrogen) atoms. The van der Waals surface area contributed by atoms with Gasteiger partial charge in [0.1, 0.15) is 0 Å². The topological polar surface area (TPSA) is 25.4 Å². The minimum Gasteiger partial charge on any atom is -0.385 e. The molecule has 1 aromatic rings. The van der Waals surface area contributed by atoms with Gasteiger partial charge in [-0.15, -0.1) is 5.06 Å². The van der Waals surface area contributed by atoms with E-state index in [9.17, 15) is 0 Å². The Hall–Kier alpha value is -1.09. The van der Waals surface area contributed by atoms with Crippen LogP contribution in [-0.2, 0) is 6.54 Å². The molecular formula is C9H12N2O. The van der Waals surface area contributed by atoms with Crippen molar-refractivity contribution in [3.05, 3.63) is 23.9 Å². The molecule has 0 radical (unpaired) electrons. The third-order valence-corrected chi connectivity index (χ3v) is 1.89. The van der Waals surface area contributed by atoms with Gasteiger partial charge in [-0.1, -0.05) is 13.0 Å². The minimum atomic E-state index is 0.769. The van der Waals surface area contributed by atoms with Crippen molar-refractivity contribution in [2.24, 2.45) is 0 Å². The molecule has 0 fully saturated rings. The number of fused-ring (bicyclic) bond motifs is 1. The highest BCUT2D eigenvalue weighted by atomic mass is 16.7. The second kappa shape index (κ2) is 3.11. The molecule has 64 valence electrons. The molecule has 0 amide bonds. The molecule has 2 rings (SSSR count). The van der Waals surface area contributed by atoms with E-state index < -0.39 is 0 Å². The maximum absolute atomic E-state index is 5.47. The first-order chi connectivity index (χ1) is 5.90. The van der Waals surface area contributed by atoms with Crippen molar-refractivity contribution < 1.29 is 4.84 Å². The molecule has 1 aliphatic rings. The largest absolute Gasteiger partial charge is 0.385 e. The van der Waals surface area contributed by atoms with Crippen LogP contribution in [0.5, 0.6) is 5.88 Å². The predicted octanol–water partition coefficient (Wildman–Crippen LogP) is 1.60. The van der Waals surface area contributed by atoms with Crippen molar-refractivity contribution >= 4 is 0 Å². The van der Waals surface area contributed by atoms with Gasteiger partial charge in [-0.3, -0.25) is 0 Å². The van der Waals surface area contributed by atoms with Crippen LogP contribution in [0.3, 0.4) is 0 Å². The molecule has 0 spiro atoms. The first kappa shape index (κ1) is 7.55. The Bertz CT molecular complexity index is 250. The molecule has 0 unspecified atom stereocenters. The summed E-state index contributed by atoms with van der Waals surface area (Å²) in [5, 5.41) is 1.94. The van der Waals surface area contributed by atoms with E-state index in [2.05, 4.69) is 18.0 Å². The highest BCUT2D eigenvalue weighted by Gasteiger charge is 2.19. The first-order valence-corrected chi connectivity index (χ1v) is 4.27. The fraction of sp³-hybridized carbons (Fsp3) is 0.444. The summed E-state index contributed by atoms with van der Waals surface area (Å²) in [6.07, 6.45) is 2.86. The average molecular weight is 164 g/mol. The molecule has 1 aromatic heterocycles. The SMILES string of the molecule is CCCN1Cc2cccnc2O1. The Morgan fingerprint density at radius 2 is 2.58 bits per heavy atom. The van der Waals surface area contributed by atoms with Crippen molar-refractivity contribution in [3.63, 3.8) is 0 Å². The van der Waals surface area contributed by atoms with Gasteiger partial charge in [-0.05, 0) is 12.5 Å². The molecule has 2 heterocycles. The van der Waals surface area contributed by atoms with Crippen LogP contribution in [0, 0.1) is 0 Å². The lowest BCUT2D eigenvalue weighted by Gasteiger charge is -2.11. The van der Waals surface area contributed by atoms with E-state index in [0.29, 0.717) is 0 Å². The van der Waals surface area contributed by atoms with Crippen molar-refractivity contribution in [1.82, 2.24) is 10.0 Å². The third kappa shape index (κ3) is 1.28. The first-order valence-electron chi connectivity index (χ1n) is 4.27. The van der Waals surface area contributed by atoms with Crippen LogP contribution in [0.15, 0.2) is 18.3 Å². The van der Waals surface area contributed by atoms with E-state index >= 15 is 0 Å². The third-order valence-electron chi connectivity index (χ3n) is 1.89. The summed E-state index contributed by atoms with van der Waals surface area (Å²) in [5.74, 6) is 0.769. The fourth-order valence-corrected chi connectivity index (χ4v) is 1.35. The number of pyridine rings is 1. The standard InChI is InChI=1S/C9H12N2O/c1-2-6-11-7-8-4-3-5-10-9(8)12-11/h3-5H,2,6-7H2,1H3. The maximum atomic E-state index is 5.47. The number of hydrogen-bond donors (Lipinski definition) is 0. The molecule has 0 aromatic carbocycles. The van der Waals surface area contributed by atoms with Crippen molar-refractivity contribution in [3.8, 4) is 5.88 Å². The van der Waals surface area contributed by atoms with Gasteiger partial charge in [0.15, 0.2) is 0 Å². The average Bonchev–Trinajstić information content (AvgIpc) is 2.47. The number of hydroxylamine groups is 2. The smallest absolute Gasteiger partial charge is 0.242 e. The molecule has 3 heteroatoms. The predicted molar refractivity (Wildman–Crippen MR) is 45.6 cm³/mol. The van der Waals surface area contributed by atoms with Crippen molar-refractivity contribution in [1.29, 1.82) is 0 Å². The zero-order valence-corrected chi connectivity index (χ0v) is 7.16. The van der Waals surface area contributed by atoms with Crippen LogP contribution in [0.1, 0.15) is 18.9 Å². The summed E-state index contributed by atoms with van der Waals surface area (Å²) in [6, 6.07) is 4.00. The Morgan fingerprint density at radius 1 is 1.67 bits per heavy atom. The Labute approximate surface area is 71.9 Å². The van der Waals surface area contributed by atoms with Gasteiger partial charge in [0.05, 0.1) is 6.54 Å². The fourth-order valence-electron chi connectivity index (χ4n) is 1.35. The lowest BCUT2D eigenvalue weighted by atomic mass is 10.3. The van der Waals surface area contributed by atoms with Gasteiger partial charge in [0.25, 0.3) is 0 Å². The van der Waals surface area contributed by atoms with Gasteiger partial charge >= 0.3 is 0 Å². The van der Waals surface area contributed by atoms with Crippen LogP contribution in [0.25, 0.3) is 0 Å². The van der Waals surface area contributed by atoms with Crippen molar-refractivity contribution in [2.75, 3.05) is 6.54 Å². The zero-order valence-electron chi connectivity index (χ0n) is 7.16. The second-order valence-corrected chi connectivity index (χ2v) is 2.92. The van der Waals surface area contributed by atoms with E-state index in [1.165, 1.54) is 5.56 Å². The summed E-state index contributed by atoms with van der Waals surface area (Å²) >= 11 is 0. The highest BCUT2D eigenvalue weighted by molar-refractivity contribution is 5.27. The summed E-state index contributed by atoms with van der Waals surface area (Å²) in [5.41, 5.74) is 1.19. The van der Waals surface area contributed by atoms with E-state index in [1.807, 2.05) is 11.1 Å². The number of rotatable bonds is 2. The highest BCUT2D eigenvalue weighted by Crippen LogP contribution is 2.24. The Balaban J connectivity index is 2.11. The lowest BCUT2D eigenvalue weighted by Crippen LogP contribution is -2.21. The summed E-state index contributed by atoms with van der Waals surface area (Å²) in [6.45, 7) is 3.98.